The SMILES string of the molecule is CNC(Cc1ncc[nH]1)C1OCCC1C. The highest BCUT2D eigenvalue weighted by molar-refractivity contribution is 4.95. The van der Waals surface area contributed by atoms with Gasteiger partial charge in [-0.25, -0.2) is 4.98 Å². The van der Waals surface area contributed by atoms with Crippen molar-refractivity contribution in [2.45, 2.75) is 31.9 Å². The molecule has 2 heterocycles. The Balaban J connectivity index is 1.97. The minimum absolute atomic E-state index is 0.320. The third kappa shape index (κ3) is 2.38. The lowest BCUT2D eigenvalue weighted by Crippen LogP contribution is -2.42. The molecule has 1 aromatic heterocycles. The standard InChI is InChI=1S/C11H19N3O/c1-8-3-6-15-11(8)9(12-2)7-10-13-4-5-14-10/h4-5,8-9,11-12H,3,6-7H2,1-2H3,(H,13,14). The third-order valence-electron chi connectivity index (χ3n) is 3.18. The van der Waals surface area contributed by atoms with Crippen molar-refractivity contribution in [3.63, 3.8) is 0 Å². The number of nitrogens with one attached hydrogen (secondary N) is 2. The Hall–Kier alpha value is -0.870. The number of aromatic amines is 1. The topological polar surface area (TPSA) is 49.9 Å². The minimum Gasteiger partial charge on any atom is -0.376 e. The van der Waals surface area contributed by atoms with Gasteiger partial charge in [-0.1, -0.05) is 6.92 Å². The van der Waals surface area contributed by atoms with Gasteiger partial charge in [-0.3, -0.25) is 0 Å². The molecule has 0 saturated carbocycles. The van der Waals surface area contributed by atoms with Crippen LogP contribution in [0.4, 0.5) is 0 Å². The van der Waals surface area contributed by atoms with E-state index in [0.717, 1.165) is 18.9 Å². The van der Waals surface area contributed by atoms with Gasteiger partial charge in [-0.05, 0) is 19.4 Å². The Morgan fingerprint density at radius 1 is 1.73 bits per heavy atom. The molecule has 1 aromatic rings. The predicted octanol–water partition coefficient (Wildman–Crippen LogP) is 0.965. The molecule has 84 valence electrons. The quantitative estimate of drug-likeness (QED) is 0.776. The van der Waals surface area contributed by atoms with Gasteiger partial charge in [0.15, 0.2) is 0 Å². The van der Waals surface area contributed by atoms with Crippen molar-refractivity contribution in [3.05, 3.63) is 18.2 Å². The Kier molecular flexibility index (Phi) is 3.38. The molecule has 0 bridgehead atoms. The fourth-order valence-corrected chi connectivity index (χ4v) is 2.23. The lowest BCUT2D eigenvalue weighted by Gasteiger charge is -2.24. The number of imidazole rings is 1. The van der Waals surface area contributed by atoms with Crippen molar-refractivity contribution in [2.75, 3.05) is 13.7 Å². The summed E-state index contributed by atoms with van der Waals surface area (Å²) in [4.78, 5) is 7.38. The van der Waals surface area contributed by atoms with Crippen LogP contribution in [0.15, 0.2) is 12.4 Å². The average Bonchev–Trinajstić information content (AvgIpc) is 2.85. The van der Waals surface area contributed by atoms with E-state index < -0.39 is 0 Å². The largest absolute Gasteiger partial charge is 0.376 e. The lowest BCUT2D eigenvalue weighted by atomic mass is 9.95. The molecule has 1 aliphatic rings. The second-order valence-corrected chi connectivity index (χ2v) is 4.24. The van der Waals surface area contributed by atoms with Crippen LogP contribution in [0.1, 0.15) is 19.2 Å². The normalized spacial score (nSPS) is 28.1. The number of H-pyrrole nitrogens is 1. The molecule has 0 aromatic carbocycles. The van der Waals surface area contributed by atoms with E-state index in [0.29, 0.717) is 18.1 Å². The van der Waals surface area contributed by atoms with Crippen LogP contribution in [0.3, 0.4) is 0 Å². The molecule has 2 N–H and O–H groups in total. The van der Waals surface area contributed by atoms with E-state index in [9.17, 15) is 0 Å². The summed E-state index contributed by atoms with van der Waals surface area (Å²) in [6.45, 7) is 3.15. The van der Waals surface area contributed by atoms with Crippen molar-refractivity contribution < 1.29 is 4.74 Å². The molecular weight excluding hydrogens is 190 g/mol. The van der Waals surface area contributed by atoms with Crippen LogP contribution in [0.25, 0.3) is 0 Å². The molecule has 4 heteroatoms. The van der Waals surface area contributed by atoms with E-state index in [1.54, 1.807) is 6.20 Å². The lowest BCUT2D eigenvalue weighted by molar-refractivity contribution is 0.0628. The molecule has 1 aliphatic heterocycles. The molecule has 15 heavy (non-hydrogen) atoms. The van der Waals surface area contributed by atoms with Gasteiger partial charge in [-0.15, -0.1) is 0 Å². The third-order valence-corrected chi connectivity index (χ3v) is 3.18. The fraction of sp³-hybridized carbons (Fsp3) is 0.727. The van der Waals surface area contributed by atoms with Gasteiger partial charge >= 0.3 is 0 Å². The number of nitrogens with zero attached hydrogens (tertiary/aromatic N) is 1. The van der Waals surface area contributed by atoms with Gasteiger partial charge in [0.2, 0.25) is 0 Å². The molecule has 3 unspecified atom stereocenters. The molecule has 0 radical (unpaired) electrons. The van der Waals surface area contributed by atoms with Gasteiger partial charge in [0, 0.05) is 31.5 Å². The van der Waals surface area contributed by atoms with Crippen LogP contribution >= 0.6 is 0 Å². The second-order valence-electron chi connectivity index (χ2n) is 4.24. The molecule has 4 nitrogen and oxygen atoms in total. The maximum atomic E-state index is 5.76. The first-order chi connectivity index (χ1) is 7.31. The molecule has 1 saturated heterocycles. The molecular formula is C11H19N3O. The highest BCUT2D eigenvalue weighted by Crippen LogP contribution is 2.23. The van der Waals surface area contributed by atoms with E-state index in [1.807, 2.05) is 13.2 Å². The van der Waals surface area contributed by atoms with E-state index in [-0.39, 0.29) is 0 Å². The summed E-state index contributed by atoms with van der Waals surface area (Å²) in [5.74, 6) is 1.66. The Bertz CT molecular complexity index is 286. The average molecular weight is 209 g/mol. The summed E-state index contributed by atoms with van der Waals surface area (Å²) in [5.41, 5.74) is 0. The monoisotopic (exact) mass is 209 g/mol. The van der Waals surface area contributed by atoms with Crippen LogP contribution in [-0.4, -0.2) is 35.8 Å². The van der Waals surface area contributed by atoms with Crippen molar-refractivity contribution in [1.29, 1.82) is 0 Å². The molecule has 0 aliphatic carbocycles. The van der Waals surface area contributed by atoms with E-state index in [4.69, 9.17) is 4.74 Å². The summed E-state index contributed by atoms with van der Waals surface area (Å²) >= 11 is 0. The summed E-state index contributed by atoms with van der Waals surface area (Å²) in [6.07, 6.45) is 6.04. The number of ether oxygens (including phenoxy) is 1. The van der Waals surface area contributed by atoms with E-state index in [1.165, 1.54) is 6.42 Å². The van der Waals surface area contributed by atoms with Crippen molar-refractivity contribution in [2.24, 2.45) is 5.92 Å². The van der Waals surface area contributed by atoms with Crippen LogP contribution in [0, 0.1) is 5.92 Å². The van der Waals surface area contributed by atoms with Crippen LogP contribution in [0.2, 0.25) is 0 Å². The summed E-state index contributed by atoms with van der Waals surface area (Å²) in [7, 11) is 1.99. The van der Waals surface area contributed by atoms with E-state index in [2.05, 4.69) is 22.2 Å². The minimum atomic E-state index is 0.320. The van der Waals surface area contributed by atoms with Crippen LogP contribution in [-0.2, 0) is 11.2 Å². The first kappa shape index (κ1) is 10.6. The fourth-order valence-electron chi connectivity index (χ4n) is 2.23. The molecule has 0 spiro atoms. The number of aromatic nitrogens is 2. The smallest absolute Gasteiger partial charge is 0.107 e. The van der Waals surface area contributed by atoms with Crippen LogP contribution in [0.5, 0.6) is 0 Å². The maximum Gasteiger partial charge on any atom is 0.107 e. The van der Waals surface area contributed by atoms with Gasteiger partial charge < -0.3 is 15.0 Å². The Morgan fingerprint density at radius 2 is 2.60 bits per heavy atom. The van der Waals surface area contributed by atoms with Gasteiger partial charge in [0.25, 0.3) is 0 Å². The highest BCUT2D eigenvalue weighted by Gasteiger charge is 2.31. The molecule has 3 atom stereocenters. The first-order valence-corrected chi connectivity index (χ1v) is 5.58. The second kappa shape index (κ2) is 4.77. The zero-order chi connectivity index (χ0) is 10.7. The van der Waals surface area contributed by atoms with Crippen molar-refractivity contribution in [3.8, 4) is 0 Å². The Labute approximate surface area is 90.4 Å². The van der Waals surface area contributed by atoms with Crippen molar-refractivity contribution in [1.82, 2.24) is 15.3 Å². The van der Waals surface area contributed by atoms with Gasteiger partial charge in [-0.2, -0.15) is 0 Å². The van der Waals surface area contributed by atoms with Gasteiger partial charge in [0.05, 0.1) is 6.10 Å². The summed E-state index contributed by atoms with van der Waals surface area (Å²) < 4.78 is 5.76. The number of hydrogen-bond acceptors (Lipinski definition) is 3. The van der Waals surface area contributed by atoms with Crippen LogP contribution < -0.4 is 5.32 Å². The highest BCUT2D eigenvalue weighted by atomic mass is 16.5. The van der Waals surface area contributed by atoms with Gasteiger partial charge in [0.1, 0.15) is 5.82 Å². The van der Waals surface area contributed by atoms with E-state index >= 15 is 0 Å². The number of hydrogen-bond donors (Lipinski definition) is 2. The number of rotatable bonds is 4. The summed E-state index contributed by atoms with van der Waals surface area (Å²) in [6, 6.07) is 0.355. The molecule has 1 fully saturated rings. The zero-order valence-electron chi connectivity index (χ0n) is 9.36. The summed E-state index contributed by atoms with van der Waals surface area (Å²) in [5, 5.41) is 3.33. The number of likely N-dealkylation sites (N-methyl/N-ethyl adjacent to an activating group) is 1. The maximum absolute atomic E-state index is 5.76. The predicted molar refractivity (Wildman–Crippen MR) is 58.7 cm³/mol. The Morgan fingerprint density at radius 3 is 3.13 bits per heavy atom. The molecule has 2 rings (SSSR count). The molecule has 0 amide bonds. The van der Waals surface area contributed by atoms with Crippen molar-refractivity contribution >= 4 is 0 Å². The first-order valence-electron chi connectivity index (χ1n) is 5.58. The zero-order valence-corrected chi connectivity index (χ0v) is 9.36.